The molecule has 0 heterocycles. The molecule has 1 N–H and O–H groups in total. The van der Waals surface area contributed by atoms with Crippen LogP contribution in [0.5, 0.6) is 11.5 Å². The van der Waals surface area contributed by atoms with Crippen LogP contribution in [0.25, 0.3) is 10.8 Å². The van der Waals surface area contributed by atoms with Crippen molar-refractivity contribution in [3.63, 3.8) is 0 Å². The first-order valence-electron chi connectivity index (χ1n) is 10.8. The summed E-state index contributed by atoms with van der Waals surface area (Å²) in [4.78, 5) is 25.2. The Labute approximate surface area is 222 Å². The van der Waals surface area contributed by atoms with Crippen molar-refractivity contribution in [3.05, 3.63) is 105 Å². The summed E-state index contributed by atoms with van der Waals surface area (Å²) in [5.74, 6) is -0.457. The van der Waals surface area contributed by atoms with Crippen LogP contribution in [0.15, 0.2) is 84.0 Å². The van der Waals surface area contributed by atoms with Gasteiger partial charge in [-0.2, -0.15) is 5.10 Å². The maximum Gasteiger partial charge on any atom is 0.343 e. The highest BCUT2D eigenvalue weighted by Crippen LogP contribution is 2.29. The molecule has 0 aliphatic carbocycles. The Bertz CT molecular complexity index is 1460. The number of rotatable bonds is 7. The lowest BCUT2D eigenvalue weighted by molar-refractivity contribution is -0.127. The number of esters is 1. The van der Waals surface area contributed by atoms with E-state index < -0.39 is 18.0 Å². The number of benzene rings is 4. The number of hydrogen-bond acceptors (Lipinski definition) is 5. The van der Waals surface area contributed by atoms with Gasteiger partial charge in [-0.3, -0.25) is 4.79 Å². The molecule has 9 heteroatoms. The third kappa shape index (κ3) is 6.15. The lowest BCUT2D eigenvalue weighted by Gasteiger charge is -2.14. The topological polar surface area (TPSA) is 77.0 Å². The molecule has 4 aromatic carbocycles. The van der Waals surface area contributed by atoms with Crippen molar-refractivity contribution in [3.8, 4) is 11.5 Å². The van der Waals surface area contributed by atoms with Gasteiger partial charge in [-0.05, 0) is 66.2 Å². The average Bonchev–Trinajstić information content (AvgIpc) is 2.87. The van der Waals surface area contributed by atoms with Gasteiger partial charge in [0.15, 0.2) is 6.10 Å². The summed E-state index contributed by atoms with van der Waals surface area (Å²) in [7, 11) is 0. The van der Waals surface area contributed by atoms with Gasteiger partial charge in [0.1, 0.15) is 11.5 Å². The SMILES string of the molecule is C[C@@H](Oc1ccc(Cl)cc1Cl)C(=O)N/N=C\c1c(OC(=O)c2ccc(Cl)cc2)ccc2ccccc12. The molecule has 0 radical (unpaired) electrons. The Kier molecular flexibility index (Phi) is 8.10. The van der Waals surface area contributed by atoms with Crippen molar-refractivity contribution in [2.45, 2.75) is 13.0 Å². The van der Waals surface area contributed by atoms with Crippen molar-refractivity contribution in [2.24, 2.45) is 5.10 Å². The first-order valence-corrected chi connectivity index (χ1v) is 11.9. The van der Waals surface area contributed by atoms with E-state index in [-0.39, 0.29) is 10.8 Å². The molecule has 0 spiro atoms. The predicted molar refractivity (Wildman–Crippen MR) is 143 cm³/mol. The zero-order chi connectivity index (χ0) is 25.7. The van der Waals surface area contributed by atoms with Gasteiger partial charge in [0.2, 0.25) is 0 Å². The highest BCUT2D eigenvalue weighted by Gasteiger charge is 2.17. The van der Waals surface area contributed by atoms with E-state index in [2.05, 4.69) is 10.5 Å². The fourth-order valence-electron chi connectivity index (χ4n) is 3.31. The number of ether oxygens (including phenoxy) is 2. The van der Waals surface area contributed by atoms with E-state index in [0.717, 1.165) is 10.8 Å². The van der Waals surface area contributed by atoms with E-state index in [1.807, 2.05) is 30.3 Å². The predicted octanol–water partition coefficient (Wildman–Crippen LogP) is 6.94. The molecule has 0 saturated carbocycles. The molecule has 1 atom stereocenters. The molecule has 1 amide bonds. The first kappa shape index (κ1) is 25.5. The van der Waals surface area contributed by atoms with Gasteiger partial charge < -0.3 is 9.47 Å². The number of hydrazone groups is 1. The Morgan fingerprint density at radius 1 is 0.889 bits per heavy atom. The van der Waals surface area contributed by atoms with E-state index in [1.54, 1.807) is 49.4 Å². The molecular weight excluding hydrogens is 523 g/mol. The number of fused-ring (bicyclic) bond motifs is 1. The monoisotopic (exact) mass is 540 g/mol. The van der Waals surface area contributed by atoms with E-state index in [9.17, 15) is 9.59 Å². The molecule has 0 fully saturated rings. The van der Waals surface area contributed by atoms with Gasteiger partial charge in [0, 0.05) is 15.6 Å². The van der Waals surface area contributed by atoms with Gasteiger partial charge >= 0.3 is 5.97 Å². The van der Waals surface area contributed by atoms with Gasteiger partial charge in [-0.1, -0.05) is 65.1 Å². The minimum Gasteiger partial charge on any atom is -0.479 e. The van der Waals surface area contributed by atoms with Crippen LogP contribution in [0.2, 0.25) is 15.1 Å². The van der Waals surface area contributed by atoms with E-state index in [4.69, 9.17) is 44.3 Å². The number of amides is 1. The number of nitrogens with zero attached hydrogens (tertiary/aromatic N) is 1. The Morgan fingerprint density at radius 3 is 2.33 bits per heavy atom. The van der Waals surface area contributed by atoms with Crippen molar-refractivity contribution in [1.29, 1.82) is 0 Å². The number of carbonyl (C=O) groups is 2. The van der Waals surface area contributed by atoms with Crippen LogP contribution in [0.3, 0.4) is 0 Å². The quantitative estimate of drug-likeness (QED) is 0.119. The molecule has 4 aromatic rings. The Hall–Kier alpha value is -3.58. The van der Waals surface area contributed by atoms with Crippen LogP contribution in [0.1, 0.15) is 22.8 Å². The van der Waals surface area contributed by atoms with Gasteiger partial charge in [0.05, 0.1) is 16.8 Å². The fourth-order valence-corrected chi connectivity index (χ4v) is 3.89. The Balaban J connectivity index is 1.53. The normalized spacial score (nSPS) is 11.9. The second-order valence-electron chi connectivity index (χ2n) is 7.66. The van der Waals surface area contributed by atoms with Crippen molar-refractivity contribution >= 4 is 63.7 Å². The number of hydrogen-bond donors (Lipinski definition) is 1. The summed E-state index contributed by atoms with van der Waals surface area (Å²) in [5, 5.41) is 7.02. The highest BCUT2D eigenvalue weighted by molar-refractivity contribution is 6.35. The van der Waals surface area contributed by atoms with Gasteiger partial charge in [-0.25, -0.2) is 10.2 Å². The first-order chi connectivity index (χ1) is 17.3. The van der Waals surface area contributed by atoms with Crippen LogP contribution in [0, 0.1) is 0 Å². The summed E-state index contributed by atoms with van der Waals surface area (Å²) >= 11 is 17.9. The van der Waals surface area contributed by atoms with Gasteiger partial charge in [0.25, 0.3) is 5.91 Å². The van der Waals surface area contributed by atoms with Crippen LogP contribution in [-0.2, 0) is 4.79 Å². The molecule has 0 unspecified atom stereocenters. The molecule has 0 saturated heterocycles. The van der Waals surface area contributed by atoms with Crippen molar-refractivity contribution < 1.29 is 19.1 Å². The molecule has 0 aliphatic heterocycles. The molecule has 4 rings (SSSR count). The lowest BCUT2D eigenvalue weighted by atomic mass is 10.0. The standard InChI is InChI=1S/C27H19Cl3N2O4/c1-16(35-25-13-11-20(29)14-23(25)30)26(33)32-31-15-22-21-5-3-2-4-17(21)8-12-24(22)36-27(34)18-6-9-19(28)10-7-18/h2-16H,1H3,(H,32,33)/b31-15-/t16-/m1/s1. The fraction of sp³-hybridized carbons (Fsp3) is 0.0741. The molecule has 0 aromatic heterocycles. The smallest absolute Gasteiger partial charge is 0.343 e. The minimum absolute atomic E-state index is 0.281. The molecule has 36 heavy (non-hydrogen) atoms. The number of nitrogens with one attached hydrogen (secondary N) is 1. The number of halogens is 3. The maximum absolute atomic E-state index is 12.7. The molecular formula is C27H19Cl3N2O4. The van der Waals surface area contributed by atoms with E-state index in [1.165, 1.54) is 12.3 Å². The van der Waals surface area contributed by atoms with Crippen molar-refractivity contribution in [1.82, 2.24) is 5.43 Å². The molecule has 0 aliphatic rings. The van der Waals surface area contributed by atoms with E-state index >= 15 is 0 Å². The highest BCUT2D eigenvalue weighted by atomic mass is 35.5. The zero-order valence-electron chi connectivity index (χ0n) is 18.9. The third-order valence-corrected chi connectivity index (χ3v) is 5.93. The molecule has 6 nitrogen and oxygen atoms in total. The second-order valence-corrected chi connectivity index (χ2v) is 8.94. The summed E-state index contributed by atoms with van der Waals surface area (Å²) < 4.78 is 11.3. The number of carbonyl (C=O) groups excluding carboxylic acids is 2. The summed E-state index contributed by atoms with van der Waals surface area (Å²) in [5.41, 5.74) is 3.31. The lowest BCUT2D eigenvalue weighted by Crippen LogP contribution is -2.33. The van der Waals surface area contributed by atoms with Gasteiger partial charge in [-0.15, -0.1) is 0 Å². The van der Waals surface area contributed by atoms with Crippen LogP contribution in [0.4, 0.5) is 0 Å². The zero-order valence-corrected chi connectivity index (χ0v) is 21.1. The third-order valence-electron chi connectivity index (χ3n) is 5.15. The molecule has 182 valence electrons. The maximum atomic E-state index is 12.7. The molecule has 0 bridgehead atoms. The summed E-state index contributed by atoms with van der Waals surface area (Å²) in [6, 6.07) is 22.1. The average molecular weight is 542 g/mol. The summed E-state index contributed by atoms with van der Waals surface area (Å²) in [6.07, 6.45) is 0.530. The summed E-state index contributed by atoms with van der Waals surface area (Å²) in [6.45, 7) is 1.56. The Morgan fingerprint density at radius 2 is 1.58 bits per heavy atom. The van der Waals surface area contributed by atoms with Crippen molar-refractivity contribution in [2.75, 3.05) is 0 Å². The van der Waals surface area contributed by atoms with E-state index in [0.29, 0.717) is 26.9 Å². The van der Waals surface area contributed by atoms with Crippen LogP contribution in [-0.4, -0.2) is 24.2 Å². The minimum atomic E-state index is -0.893. The largest absolute Gasteiger partial charge is 0.479 e. The second kappa shape index (κ2) is 11.4. The van der Waals surface area contributed by atoms with Crippen LogP contribution < -0.4 is 14.9 Å². The van der Waals surface area contributed by atoms with Crippen LogP contribution >= 0.6 is 34.8 Å².